The van der Waals surface area contributed by atoms with Gasteiger partial charge in [0.25, 0.3) is 0 Å². The van der Waals surface area contributed by atoms with Crippen LogP contribution in [-0.2, 0) is 11.2 Å². The molecule has 0 bridgehead atoms. The second kappa shape index (κ2) is 6.43. The molecule has 1 aromatic carbocycles. The second-order valence-electron chi connectivity index (χ2n) is 5.00. The summed E-state index contributed by atoms with van der Waals surface area (Å²) < 4.78 is 0.980. The maximum atomic E-state index is 9.31. The fraction of sp³-hybridized carbons (Fsp3) is 0.250. The van der Waals surface area contributed by atoms with Gasteiger partial charge in [-0.2, -0.15) is 5.26 Å². The molecule has 0 amide bonds. The van der Waals surface area contributed by atoms with Crippen molar-refractivity contribution in [1.82, 2.24) is 4.98 Å². The molecule has 2 rings (SSSR count). The van der Waals surface area contributed by atoms with Crippen LogP contribution in [0.2, 0.25) is 0 Å². The van der Waals surface area contributed by atoms with Crippen LogP contribution < -0.4 is 0 Å². The number of nitrogens with zero attached hydrogens (tertiary/aromatic N) is 2. The Hall–Kier alpha value is -1.31. The second-order valence-corrected chi connectivity index (χ2v) is 6.91. The van der Waals surface area contributed by atoms with E-state index in [0.717, 1.165) is 20.8 Å². The van der Waals surface area contributed by atoms with E-state index >= 15 is 0 Å². The Morgan fingerprint density at radius 3 is 2.65 bits per heavy atom. The lowest BCUT2D eigenvalue weighted by Crippen LogP contribution is -2.16. The Balaban J connectivity index is 2.18. The number of hydrogen-bond acceptors (Lipinski definition) is 3. The van der Waals surface area contributed by atoms with Crippen LogP contribution >= 0.6 is 27.7 Å². The van der Waals surface area contributed by atoms with E-state index < -0.39 is 5.41 Å². The smallest absolute Gasteiger partial charge is 0.0963 e. The molecule has 0 saturated carbocycles. The first-order valence-electron chi connectivity index (χ1n) is 6.27. The van der Waals surface area contributed by atoms with Gasteiger partial charge in [0.15, 0.2) is 0 Å². The van der Waals surface area contributed by atoms with Crippen LogP contribution in [0.25, 0.3) is 0 Å². The van der Waals surface area contributed by atoms with Crippen molar-refractivity contribution in [3.05, 3.63) is 58.2 Å². The van der Waals surface area contributed by atoms with Gasteiger partial charge >= 0.3 is 0 Å². The van der Waals surface area contributed by atoms with Gasteiger partial charge in [0.1, 0.15) is 0 Å². The number of halogens is 1. The summed E-state index contributed by atoms with van der Waals surface area (Å²) in [6.07, 6.45) is 1.80. The van der Waals surface area contributed by atoms with Crippen molar-refractivity contribution in [2.45, 2.75) is 30.0 Å². The Labute approximate surface area is 132 Å². The van der Waals surface area contributed by atoms with Crippen LogP contribution in [0.3, 0.4) is 0 Å². The predicted octanol–water partition coefficient (Wildman–Crippen LogP) is 4.94. The van der Waals surface area contributed by atoms with Gasteiger partial charge in [-0.15, -0.1) is 11.8 Å². The maximum absolute atomic E-state index is 9.31. The highest BCUT2D eigenvalue weighted by Crippen LogP contribution is 2.30. The molecule has 102 valence electrons. The highest BCUT2D eigenvalue weighted by molar-refractivity contribution is 9.10. The zero-order valence-electron chi connectivity index (χ0n) is 11.4. The summed E-state index contributed by atoms with van der Waals surface area (Å²) in [6.45, 7) is 3.91. The monoisotopic (exact) mass is 346 g/mol. The number of nitriles is 1. The molecule has 0 atom stereocenters. The van der Waals surface area contributed by atoms with Crippen LogP contribution in [0.4, 0.5) is 0 Å². The Bertz CT molecular complexity index is 630. The Kier molecular flexibility index (Phi) is 4.85. The molecule has 2 aromatic rings. The first-order valence-corrected chi connectivity index (χ1v) is 8.05. The highest BCUT2D eigenvalue weighted by Gasteiger charge is 2.22. The molecule has 0 unspecified atom stereocenters. The average molecular weight is 347 g/mol. The molecule has 0 aliphatic carbocycles. The number of benzene rings is 1. The van der Waals surface area contributed by atoms with Gasteiger partial charge in [0.05, 0.1) is 16.5 Å². The molecule has 0 spiro atoms. The number of thioether (sulfide) groups is 1. The summed E-state index contributed by atoms with van der Waals surface area (Å²) in [6, 6.07) is 14.5. The van der Waals surface area contributed by atoms with Crippen LogP contribution in [0.1, 0.15) is 25.0 Å². The largest absolute Gasteiger partial charge is 0.249 e. The molecule has 0 saturated heterocycles. The topological polar surface area (TPSA) is 36.7 Å². The van der Waals surface area contributed by atoms with Gasteiger partial charge in [-0.25, -0.2) is 4.98 Å². The van der Waals surface area contributed by atoms with E-state index in [9.17, 15) is 5.26 Å². The van der Waals surface area contributed by atoms with Crippen molar-refractivity contribution in [2.24, 2.45) is 0 Å². The van der Waals surface area contributed by atoms with E-state index in [1.54, 1.807) is 18.0 Å². The Morgan fingerprint density at radius 2 is 2.00 bits per heavy atom. The standard InChI is InChI=1S/C16H15BrN2S/c1-16(2,11-18)14-6-4-3-5-12(14)10-20-15-8-7-13(17)9-19-15/h3-9H,10H2,1-2H3. The predicted molar refractivity (Wildman–Crippen MR) is 86.6 cm³/mol. The van der Waals surface area contributed by atoms with Crippen LogP contribution in [0.5, 0.6) is 0 Å². The van der Waals surface area contributed by atoms with Crippen molar-refractivity contribution in [1.29, 1.82) is 5.26 Å². The van der Waals surface area contributed by atoms with Crippen molar-refractivity contribution < 1.29 is 0 Å². The quantitative estimate of drug-likeness (QED) is 0.735. The van der Waals surface area contributed by atoms with Gasteiger partial charge in [-0.1, -0.05) is 24.3 Å². The fourth-order valence-electron chi connectivity index (χ4n) is 1.92. The van der Waals surface area contributed by atoms with E-state index in [1.165, 1.54) is 5.56 Å². The molecular formula is C16H15BrN2S. The summed E-state index contributed by atoms with van der Waals surface area (Å²) in [7, 11) is 0. The summed E-state index contributed by atoms with van der Waals surface area (Å²) in [5.74, 6) is 0.815. The van der Waals surface area contributed by atoms with Crippen molar-refractivity contribution in [3.8, 4) is 6.07 Å². The van der Waals surface area contributed by atoms with Gasteiger partial charge in [0.2, 0.25) is 0 Å². The molecule has 1 aromatic heterocycles. The average Bonchev–Trinajstić information content (AvgIpc) is 2.47. The minimum atomic E-state index is -0.468. The summed E-state index contributed by atoms with van der Waals surface area (Å²) in [4.78, 5) is 4.36. The molecule has 1 heterocycles. The van der Waals surface area contributed by atoms with Crippen LogP contribution in [0.15, 0.2) is 52.1 Å². The highest BCUT2D eigenvalue weighted by atomic mass is 79.9. The molecule has 0 radical (unpaired) electrons. The summed E-state index contributed by atoms with van der Waals surface area (Å²) >= 11 is 5.06. The van der Waals surface area contributed by atoms with Gasteiger partial charge in [-0.05, 0) is 53.0 Å². The van der Waals surface area contributed by atoms with Crippen molar-refractivity contribution in [2.75, 3.05) is 0 Å². The third-order valence-corrected chi connectivity index (χ3v) is 4.51. The number of hydrogen-bond donors (Lipinski definition) is 0. The fourth-order valence-corrected chi connectivity index (χ4v) is 3.00. The zero-order valence-corrected chi connectivity index (χ0v) is 13.8. The van der Waals surface area contributed by atoms with E-state index in [2.05, 4.69) is 33.0 Å². The van der Waals surface area contributed by atoms with Crippen LogP contribution in [-0.4, -0.2) is 4.98 Å². The lowest BCUT2D eigenvalue weighted by Gasteiger charge is -2.19. The number of aromatic nitrogens is 1. The SMILES string of the molecule is CC(C)(C#N)c1ccccc1CSc1ccc(Br)cn1. The molecule has 0 fully saturated rings. The molecule has 0 N–H and O–H groups in total. The zero-order chi connectivity index (χ0) is 14.6. The van der Waals surface area contributed by atoms with Gasteiger partial charge in [-0.3, -0.25) is 0 Å². The first kappa shape index (κ1) is 15.1. The lowest BCUT2D eigenvalue weighted by molar-refractivity contribution is 0.680. The molecule has 0 aliphatic rings. The third kappa shape index (κ3) is 3.62. The molecular weight excluding hydrogens is 332 g/mol. The van der Waals surface area contributed by atoms with Gasteiger partial charge in [0, 0.05) is 16.4 Å². The summed E-state index contributed by atoms with van der Waals surface area (Å²) in [5.41, 5.74) is 1.81. The maximum Gasteiger partial charge on any atom is 0.0963 e. The van der Waals surface area contributed by atoms with E-state index in [0.29, 0.717) is 0 Å². The third-order valence-electron chi connectivity index (χ3n) is 3.05. The van der Waals surface area contributed by atoms with Crippen molar-refractivity contribution >= 4 is 27.7 Å². The molecule has 4 heteroatoms. The first-order chi connectivity index (χ1) is 9.53. The minimum absolute atomic E-state index is 0.468. The van der Waals surface area contributed by atoms with Gasteiger partial charge < -0.3 is 0 Å². The minimum Gasteiger partial charge on any atom is -0.249 e. The van der Waals surface area contributed by atoms with E-state index in [1.807, 2.05) is 44.2 Å². The molecule has 2 nitrogen and oxygen atoms in total. The van der Waals surface area contributed by atoms with Crippen molar-refractivity contribution in [3.63, 3.8) is 0 Å². The van der Waals surface area contributed by atoms with E-state index in [-0.39, 0.29) is 0 Å². The Morgan fingerprint density at radius 1 is 1.25 bits per heavy atom. The lowest BCUT2D eigenvalue weighted by atomic mass is 9.84. The van der Waals surface area contributed by atoms with E-state index in [4.69, 9.17) is 0 Å². The normalized spacial score (nSPS) is 11.1. The molecule has 0 aliphatic heterocycles. The molecule has 20 heavy (non-hydrogen) atoms. The number of rotatable bonds is 4. The number of pyridine rings is 1. The summed E-state index contributed by atoms with van der Waals surface area (Å²) in [5, 5.41) is 10.3. The van der Waals surface area contributed by atoms with Crippen LogP contribution in [0, 0.1) is 11.3 Å².